The van der Waals surface area contributed by atoms with Gasteiger partial charge < -0.3 is 20.6 Å². The molecule has 0 aliphatic carbocycles. The van der Waals surface area contributed by atoms with E-state index in [0.717, 1.165) is 52.0 Å². The summed E-state index contributed by atoms with van der Waals surface area (Å²) < 4.78 is 5.47. The van der Waals surface area contributed by atoms with E-state index >= 15 is 0 Å². The number of amidine groups is 1. The van der Waals surface area contributed by atoms with E-state index in [1.165, 1.54) is 0 Å². The van der Waals surface area contributed by atoms with E-state index in [-0.39, 0.29) is 11.6 Å². The fourth-order valence-electron chi connectivity index (χ4n) is 2.69. The Morgan fingerprint density at radius 3 is 2.43 bits per heavy atom. The first-order valence-corrected chi connectivity index (χ1v) is 7.92. The van der Waals surface area contributed by atoms with Crippen LogP contribution in [0.15, 0.2) is 5.16 Å². The monoisotopic (exact) mass is 300 g/mol. The number of nitrogens with two attached hydrogens (primary N) is 1. The van der Waals surface area contributed by atoms with Gasteiger partial charge in [-0.1, -0.05) is 18.5 Å². The highest BCUT2D eigenvalue weighted by molar-refractivity contribution is 5.85. The zero-order valence-corrected chi connectivity index (χ0v) is 14.0. The van der Waals surface area contributed by atoms with Crippen molar-refractivity contribution in [1.82, 2.24) is 9.80 Å². The highest BCUT2D eigenvalue weighted by Crippen LogP contribution is 2.16. The van der Waals surface area contributed by atoms with Gasteiger partial charge in [0.05, 0.1) is 11.6 Å². The molecule has 21 heavy (non-hydrogen) atoms. The van der Waals surface area contributed by atoms with Crippen molar-refractivity contribution in [3.05, 3.63) is 0 Å². The molecule has 0 bridgehead atoms. The summed E-state index contributed by atoms with van der Waals surface area (Å²) in [6, 6.07) is 0.0672. The predicted octanol–water partition coefficient (Wildman–Crippen LogP) is 1.33. The first-order valence-electron chi connectivity index (χ1n) is 7.92. The Morgan fingerprint density at radius 1 is 1.33 bits per heavy atom. The molecular weight excluding hydrogens is 268 g/mol. The molecule has 0 radical (unpaired) electrons. The van der Waals surface area contributed by atoms with Crippen molar-refractivity contribution in [2.45, 2.75) is 51.7 Å². The molecule has 3 N–H and O–H groups in total. The third-order valence-electron chi connectivity index (χ3n) is 4.45. The summed E-state index contributed by atoms with van der Waals surface area (Å²) in [6.45, 7) is 11.4. The van der Waals surface area contributed by atoms with Crippen molar-refractivity contribution in [3.63, 3.8) is 0 Å². The van der Waals surface area contributed by atoms with E-state index in [2.05, 4.69) is 35.7 Å². The maximum Gasteiger partial charge on any atom is 0.156 e. The lowest BCUT2D eigenvalue weighted by Crippen LogP contribution is -2.54. The van der Waals surface area contributed by atoms with Crippen LogP contribution in [-0.2, 0) is 4.74 Å². The molecule has 124 valence electrons. The first kappa shape index (κ1) is 18.2. The highest BCUT2D eigenvalue weighted by Gasteiger charge is 2.27. The summed E-state index contributed by atoms with van der Waals surface area (Å²) in [4.78, 5) is 4.79. The number of methoxy groups -OCH3 is 1. The molecule has 0 amide bonds. The third-order valence-corrected chi connectivity index (χ3v) is 4.45. The minimum absolute atomic E-state index is 0.0597. The Kier molecular flexibility index (Phi) is 7.42. The van der Waals surface area contributed by atoms with E-state index in [1.54, 1.807) is 7.11 Å². The topological polar surface area (TPSA) is 74.3 Å². The number of rotatable bonds is 8. The molecule has 0 aromatic rings. The van der Waals surface area contributed by atoms with Gasteiger partial charge in [0.25, 0.3) is 0 Å². The van der Waals surface area contributed by atoms with Crippen molar-refractivity contribution >= 4 is 5.84 Å². The molecule has 6 heteroatoms. The minimum atomic E-state index is -0.0597. The van der Waals surface area contributed by atoms with Crippen LogP contribution in [0.5, 0.6) is 0 Å². The zero-order chi connectivity index (χ0) is 15.9. The normalized spacial score (nSPS) is 20.7. The molecule has 0 spiro atoms. The summed E-state index contributed by atoms with van der Waals surface area (Å²) in [7, 11) is 1.77. The minimum Gasteiger partial charge on any atom is -0.409 e. The van der Waals surface area contributed by atoms with Crippen LogP contribution in [0.4, 0.5) is 0 Å². The fourth-order valence-corrected chi connectivity index (χ4v) is 2.69. The smallest absolute Gasteiger partial charge is 0.156 e. The molecule has 0 aromatic carbocycles. The Balaban J connectivity index is 2.43. The number of hydrogen-bond acceptors (Lipinski definition) is 5. The maximum atomic E-state index is 8.93. The quantitative estimate of drug-likeness (QED) is 0.306. The van der Waals surface area contributed by atoms with Crippen molar-refractivity contribution in [1.29, 1.82) is 0 Å². The number of oxime groups is 1. The predicted molar refractivity (Wildman–Crippen MR) is 85.8 cm³/mol. The Labute approximate surface area is 128 Å². The largest absolute Gasteiger partial charge is 0.409 e. The van der Waals surface area contributed by atoms with E-state index in [1.807, 2.05) is 0 Å². The van der Waals surface area contributed by atoms with Crippen LogP contribution in [-0.4, -0.2) is 72.3 Å². The molecule has 6 nitrogen and oxygen atoms in total. The van der Waals surface area contributed by atoms with Crippen LogP contribution in [0.2, 0.25) is 0 Å². The first-order chi connectivity index (χ1) is 9.93. The van der Waals surface area contributed by atoms with Gasteiger partial charge in [-0.05, 0) is 26.7 Å². The molecule has 1 aliphatic rings. The Hall–Kier alpha value is -0.850. The van der Waals surface area contributed by atoms with E-state index in [9.17, 15) is 0 Å². The highest BCUT2D eigenvalue weighted by atomic mass is 16.5. The lowest BCUT2D eigenvalue weighted by Gasteiger charge is -2.39. The number of hydrogen-bond donors (Lipinski definition) is 2. The Bertz CT molecular complexity index is 326. The molecule has 0 saturated carbocycles. The fraction of sp³-hybridized carbons (Fsp3) is 0.933. The van der Waals surface area contributed by atoms with Crippen LogP contribution in [0.25, 0.3) is 0 Å². The van der Waals surface area contributed by atoms with Gasteiger partial charge in [0, 0.05) is 39.8 Å². The van der Waals surface area contributed by atoms with Crippen LogP contribution < -0.4 is 5.73 Å². The summed E-state index contributed by atoms with van der Waals surface area (Å²) in [5.74, 6) is 0.339. The molecule has 1 saturated heterocycles. The van der Waals surface area contributed by atoms with Gasteiger partial charge >= 0.3 is 0 Å². The molecule has 1 atom stereocenters. The van der Waals surface area contributed by atoms with Crippen molar-refractivity contribution in [2.24, 2.45) is 10.9 Å². The van der Waals surface area contributed by atoms with Gasteiger partial charge in [0.1, 0.15) is 0 Å². The summed E-state index contributed by atoms with van der Waals surface area (Å²) >= 11 is 0. The third kappa shape index (κ3) is 5.80. The molecule has 1 fully saturated rings. The Morgan fingerprint density at radius 2 is 1.95 bits per heavy atom. The average Bonchev–Trinajstić information content (AvgIpc) is 2.50. The molecule has 1 aliphatic heterocycles. The number of nitrogens with zero attached hydrogens (tertiary/aromatic N) is 3. The van der Waals surface area contributed by atoms with Crippen molar-refractivity contribution in [2.75, 3.05) is 39.8 Å². The second-order valence-corrected chi connectivity index (χ2v) is 6.42. The molecular formula is C15H32N4O2. The summed E-state index contributed by atoms with van der Waals surface area (Å²) in [5.41, 5.74) is 5.77. The van der Waals surface area contributed by atoms with Crippen molar-refractivity contribution in [3.8, 4) is 0 Å². The van der Waals surface area contributed by atoms with Crippen LogP contribution >= 0.6 is 0 Å². The number of ether oxygens (including phenoxy) is 1. The van der Waals surface area contributed by atoms with Crippen LogP contribution in [0.1, 0.15) is 40.0 Å². The summed E-state index contributed by atoms with van der Waals surface area (Å²) in [5, 5.41) is 12.1. The van der Waals surface area contributed by atoms with Gasteiger partial charge in [-0.15, -0.1) is 0 Å². The van der Waals surface area contributed by atoms with Gasteiger partial charge in [0.15, 0.2) is 5.84 Å². The molecule has 1 rings (SSSR count). The number of piperazine rings is 1. The molecule has 0 aromatic heterocycles. The average molecular weight is 300 g/mol. The molecule has 1 heterocycles. The van der Waals surface area contributed by atoms with Crippen LogP contribution in [0.3, 0.4) is 0 Å². The van der Waals surface area contributed by atoms with E-state index in [0.29, 0.717) is 5.84 Å². The lowest BCUT2D eigenvalue weighted by atomic mass is 10.0. The van der Waals surface area contributed by atoms with E-state index in [4.69, 9.17) is 15.7 Å². The van der Waals surface area contributed by atoms with Crippen LogP contribution in [0, 0.1) is 0 Å². The second-order valence-electron chi connectivity index (χ2n) is 6.42. The standard InChI is InChI=1S/C15H32N4O2/c1-5-6-13(14(16)17-20)19-11-9-18(10-12-19)8-7-15(2,3)21-4/h13,20H,5-12H2,1-4H3,(H2,16,17). The van der Waals surface area contributed by atoms with Gasteiger partial charge in [0.2, 0.25) is 0 Å². The maximum absolute atomic E-state index is 8.93. The van der Waals surface area contributed by atoms with Gasteiger partial charge in [-0.2, -0.15) is 0 Å². The van der Waals surface area contributed by atoms with E-state index < -0.39 is 0 Å². The van der Waals surface area contributed by atoms with Gasteiger partial charge in [-0.25, -0.2) is 0 Å². The molecule has 1 unspecified atom stereocenters. The summed E-state index contributed by atoms with van der Waals surface area (Å²) in [6.07, 6.45) is 3.00. The lowest BCUT2D eigenvalue weighted by molar-refractivity contribution is 0.00248. The van der Waals surface area contributed by atoms with Gasteiger partial charge in [-0.3, -0.25) is 4.90 Å². The SMILES string of the molecule is CCCC(C(N)=NO)N1CCN(CCC(C)(C)OC)CC1. The second kappa shape index (κ2) is 8.56. The van der Waals surface area contributed by atoms with Crippen molar-refractivity contribution < 1.29 is 9.94 Å². The zero-order valence-electron chi connectivity index (χ0n) is 14.0.